The summed E-state index contributed by atoms with van der Waals surface area (Å²) in [6, 6.07) is 0. The molecule has 0 radical (unpaired) electrons. The van der Waals surface area contributed by atoms with Crippen LogP contribution in [-0.2, 0) is 4.74 Å². The third-order valence-electron chi connectivity index (χ3n) is 2.42. The molecule has 1 atom stereocenters. The lowest BCUT2D eigenvalue weighted by atomic mass is 10.1. The maximum atomic E-state index is 10.4. The van der Waals surface area contributed by atoms with Gasteiger partial charge in [-0.3, -0.25) is 10.1 Å². The van der Waals surface area contributed by atoms with Crippen LogP contribution >= 0.6 is 0 Å². The summed E-state index contributed by atoms with van der Waals surface area (Å²) >= 11 is 0. The van der Waals surface area contributed by atoms with Crippen molar-refractivity contribution in [3.05, 3.63) is 22.5 Å². The maximum absolute atomic E-state index is 10.4. The number of rotatable bonds is 4. The largest absolute Gasteiger partial charge is 0.381 e. The number of nitrogens with zero attached hydrogens (tertiary/aromatic N) is 3. The maximum Gasteiger partial charge on any atom is 0.305 e. The Labute approximate surface area is 92.0 Å². The molecular formula is C9H12N4O3. The van der Waals surface area contributed by atoms with Crippen LogP contribution in [0.1, 0.15) is 6.42 Å². The lowest BCUT2D eigenvalue weighted by molar-refractivity contribution is -0.385. The zero-order chi connectivity index (χ0) is 11.4. The molecule has 86 valence electrons. The molecule has 0 aliphatic carbocycles. The molecule has 1 unspecified atom stereocenters. The van der Waals surface area contributed by atoms with Gasteiger partial charge in [0.25, 0.3) is 0 Å². The fraction of sp³-hybridized carbons (Fsp3) is 0.556. The first-order valence-corrected chi connectivity index (χ1v) is 5.04. The number of hydrogen-bond donors (Lipinski definition) is 1. The normalized spacial score (nSPS) is 19.6. The van der Waals surface area contributed by atoms with E-state index in [9.17, 15) is 10.1 Å². The molecule has 0 saturated carbocycles. The Morgan fingerprint density at radius 2 is 2.31 bits per heavy atom. The molecule has 1 aliphatic rings. The fourth-order valence-electron chi connectivity index (χ4n) is 1.49. The Morgan fingerprint density at radius 1 is 1.56 bits per heavy atom. The van der Waals surface area contributed by atoms with Crippen LogP contribution in [-0.4, -0.2) is 34.6 Å². The van der Waals surface area contributed by atoms with Crippen LogP contribution < -0.4 is 5.32 Å². The average molecular weight is 224 g/mol. The summed E-state index contributed by atoms with van der Waals surface area (Å²) in [6.45, 7) is 2.28. The zero-order valence-electron chi connectivity index (χ0n) is 8.63. The molecule has 2 rings (SSSR count). The summed E-state index contributed by atoms with van der Waals surface area (Å²) in [6.07, 6.45) is 3.42. The minimum atomic E-state index is -0.519. The predicted octanol–water partition coefficient (Wildman–Crippen LogP) is 0.833. The topological polar surface area (TPSA) is 90.2 Å². The lowest BCUT2D eigenvalue weighted by Crippen LogP contribution is -2.15. The van der Waals surface area contributed by atoms with Crippen LogP contribution in [0.5, 0.6) is 0 Å². The van der Waals surface area contributed by atoms with Crippen molar-refractivity contribution in [1.29, 1.82) is 0 Å². The number of anilines is 1. The van der Waals surface area contributed by atoms with Crippen molar-refractivity contribution in [2.24, 2.45) is 5.92 Å². The van der Waals surface area contributed by atoms with Crippen molar-refractivity contribution in [1.82, 2.24) is 9.97 Å². The van der Waals surface area contributed by atoms with Gasteiger partial charge in [0.1, 0.15) is 12.4 Å². The van der Waals surface area contributed by atoms with E-state index in [2.05, 4.69) is 15.3 Å². The highest BCUT2D eigenvalue weighted by molar-refractivity contribution is 5.30. The molecule has 0 spiro atoms. The molecule has 1 aliphatic heterocycles. The summed E-state index contributed by atoms with van der Waals surface area (Å²) in [4.78, 5) is 17.6. The molecular weight excluding hydrogens is 212 g/mol. The molecule has 1 aromatic rings. The third kappa shape index (κ3) is 2.63. The van der Waals surface area contributed by atoms with Crippen molar-refractivity contribution < 1.29 is 9.66 Å². The first-order valence-electron chi connectivity index (χ1n) is 5.04. The summed E-state index contributed by atoms with van der Waals surface area (Å²) < 4.78 is 5.23. The molecule has 7 heteroatoms. The highest BCUT2D eigenvalue weighted by Gasteiger charge is 2.15. The molecule has 0 bridgehead atoms. The molecule has 1 N–H and O–H groups in total. The zero-order valence-corrected chi connectivity index (χ0v) is 8.63. The minimum Gasteiger partial charge on any atom is -0.381 e. The van der Waals surface area contributed by atoms with Gasteiger partial charge in [-0.2, -0.15) is 0 Å². The quantitative estimate of drug-likeness (QED) is 0.601. The molecule has 0 aromatic carbocycles. The van der Waals surface area contributed by atoms with Gasteiger partial charge in [-0.15, -0.1) is 0 Å². The van der Waals surface area contributed by atoms with E-state index in [4.69, 9.17) is 4.74 Å². The Morgan fingerprint density at radius 3 is 2.88 bits per heavy atom. The minimum absolute atomic E-state index is 0.102. The summed E-state index contributed by atoms with van der Waals surface area (Å²) in [5.74, 6) is 0.885. The smallest absolute Gasteiger partial charge is 0.305 e. The highest BCUT2D eigenvalue weighted by Crippen LogP contribution is 2.13. The number of nitro groups is 1. The first kappa shape index (κ1) is 10.7. The van der Waals surface area contributed by atoms with Crippen molar-refractivity contribution >= 4 is 11.6 Å². The van der Waals surface area contributed by atoms with Gasteiger partial charge in [-0.1, -0.05) is 0 Å². The van der Waals surface area contributed by atoms with Gasteiger partial charge in [-0.25, -0.2) is 9.97 Å². The van der Waals surface area contributed by atoms with Gasteiger partial charge >= 0.3 is 5.69 Å². The van der Waals surface area contributed by atoms with E-state index in [1.54, 1.807) is 0 Å². The lowest BCUT2D eigenvalue weighted by Gasteiger charge is -2.08. The monoisotopic (exact) mass is 224 g/mol. The average Bonchev–Trinajstić information content (AvgIpc) is 2.80. The van der Waals surface area contributed by atoms with E-state index in [1.165, 1.54) is 12.4 Å². The van der Waals surface area contributed by atoms with Gasteiger partial charge in [0.05, 0.1) is 11.5 Å². The Balaban J connectivity index is 1.87. The molecule has 1 saturated heterocycles. The van der Waals surface area contributed by atoms with Crippen molar-refractivity contribution in [3.63, 3.8) is 0 Å². The van der Waals surface area contributed by atoms with E-state index < -0.39 is 4.92 Å². The van der Waals surface area contributed by atoms with Gasteiger partial charge < -0.3 is 10.1 Å². The van der Waals surface area contributed by atoms with E-state index >= 15 is 0 Å². The molecule has 2 heterocycles. The van der Waals surface area contributed by atoms with E-state index in [0.717, 1.165) is 26.2 Å². The van der Waals surface area contributed by atoms with Crippen LogP contribution in [0.4, 0.5) is 11.6 Å². The summed E-state index contributed by atoms with van der Waals surface area (Å²) in [7, 11) is 0. The van der Waals surface area contributed by atoms with E-state index in [1.807, 2.05) is 0 Å². The molecule has 7 nitrogen and oxygen atoms in total. The van der Waals surface area contributed by atoms with Crippen LogP contribution in [0.3, 0.4) is 0 Å². The van der Waals surface area contributed by atoms with Crippen molar-refractivity contribution in [2.45, 2.75) is 6.42 Å². The van der Waals surface area contributed by atoms with E-state index in [-0.39, 0.29) is 5.69 Å². The number of hydrogen-bond acceptors (Lipinski definition) is 6. The van der Waals surface area contributed by atoms with Gasteiger partial charge in [0.2, 0.25) is 5.95 Å². The molecule has 0 amide bonds. The van der Waals surface area contributed by atoms with Crippen LogP contribution in [0.15, 0.2) is 12.4 Å². The molecule has 1 aromatic heterocycles. The SMILES string of the molecule is O=[N+]([O-])c1cnc(NCC2CCOC2)nc1. The fourth-order valence-corrected chi connectivity index (χ4v) is 1.49. The molecule has 1 fully saturated rings. The standard InChI is InChI=1S/C9H12N4O3/c14-13(15)8-4-11-9(12-5-8)10-3-7-1-2-16-6-7/h4-5,7H,1-3,6H2,(H,10,11,12). The van der Waals surface area contributed by atoms with Gasteiger partial charge in [-0.05, 0) is 6.42 Å². The summed E-state index contributed by atoms with van der Waals surface area (Å²) in [5, 5.41) is 13.4. The highest BCUT2D eigenvalue weighted by atomic mass is 16.6. The van der Waals surface area contributed by atoms with E-state index in [0.29, 0.717) is 11.9 Å². The second-order valence-electron chi connectivity index (χ2n) is 3.63. The summed E-state index contributed by atoms with van der Waals surface area (Å²) in [5.41, 5.74) is -0.102. The Kier molecular flexibility index (Phi) is 3.25. The number of aromatic nitrogens is 2. The number of nitrogens with one attached hydrogen (secondary N) is 1. The van der Waals surface area contributed by atoms with Crippen LogP contribution in [0.2, 0.25) is 0 Å². The third-order valence-corrected chi connectivity index (χ3v) is 2.42. The van der Waals surface area contributed by atoms with Crippen LogP contribution in [0.25, 0.3) is 0 Å². The predicted molar refractivity (Wildman–Crippen MR) is 56.1 cm³/mol. The second kappa shape index (κ2) is 4.84. The van der Waals surface area contributed by atoms with Gasteiger partial charge in [0.15, 0.2) is 0 Å². The van der Waals surface area contributed by atoms with Gasteiger partial charge in [0, 0.05) is 19.1 Å². The van der Waals surface area contributed by atoms with Crippen molar-refractivity contribution in [2.75, 3.05) is 25.1 Å². The first-order chi connectivity index (χ1) is 7.75. The Hall–Kier alpha value is -1.76. The second-order valence-corrected chi connectivity index (χ2v) is 3.63. The Bertz CT molecular complexity index is 362. The molecule has 16 heavy (non-hydrogen) atoms. The van der Waals surface area contributed by atoms with Crippen LogP contribution in [0, 0.1) is 16.0 Å². The number of ether oxygens (including phenoxy) is 1. The van der Waals surface area contributed by atoms with Crippen molar-refractivity contribution in [3.8, 4) is 0 Å².